The van der Waals surface area contributed by atoms with E-state index in [4.69, 9.17) is 0 Å². The highest BCUT2D eigenvalue weighted by atomic mass is 16.3. The van der Waals surface area contributed by atoms with Crippen LogP contribution in [-0.2, 0) is 12.0 Å². The van der Waals surface area contributed by atoms with Crippen molar-refractivity contribution < 1.29 is 5.11 Å². The molecule has 0 saturated heterocycles. The van der Waals surface area contributed by atoms with Gasteiger partial charge in [0.2, 0.25) is 0 Å². The molecule has 6 nitrogen and oxygen atoms in total. The minimum absolute atomic E-state index is 0.288. The first-order valence-corrected chi connectivity index (χ1v) is 9.82. The molecular formula is C22H29N5O. The summed E-state index contributed by atoms with van der Waals surface area (Å²) in [5.41, 5.74) is 1.93. The molecule has 28 heavy (non-hydrogen) atoms. The Labute approximate surface area is 166 Å². The van der Waals surface area contributed by atoms with Crippen LogP contribution in [0.1, 0.15) is 31.7 Å². The van der Waals surface area contributed by atoms with Crippen molar-refractivity contribution in [3.63, 3.8) is 0 Å². The van der Waals surface area contributed by atoms with Crippen LogP contribution in [0.15, 0.2) is 59.6 Å². The Morgan fingerprint density at radius 3 is 2.61 bits per heavy atom. The van der Waals surface area contributed by atoms with E-state index >= 15 is 0 Å². The van der Waals surface area contributed by atoms with Crippen LogP contribution in [0.25, 0.3) is 11.0 Å². The van der Waals surface area contributed by atoms with Crippen LogP contribution in [0.4, 0.5) is 0 Å². The molecule has 4 N–H and O–H groups in total. The van der Waals surface area contributed by atoms with Gasteiger partial charge in [0.05, 0.1) is 17.6 Å². The Morgan fingerprint density at radius 2 is 1.86 bits per heavy atom. The van der Waals surface area contributed by atoms with E-state index < -0.39 is 5.60 Å². The van der Waals surface area contributed by atoms with Crippen LogP contribution >= 0.6 is 0 Å². The third kappa shape index (κ3) is 5.33. The van der Waals surface area contributed by atoms with Crippen molar-refractivity contribution in [2.75, 3.05) is 19.6 Å². The molecule has 0 bridgehead atoms. The number of benzene rings is 2. The monoisotopic (exact) mass is 379 g/mol. The Kier molecular flexibility index (Phi) is 6.66. The summed E-state index contributed by atoms with van der Waals surface area (Å²) in [5.74, 6) is 1.71. The molecule has 0 aliphatic heterocycles. The predicted molar refractivity (Wildman–Crippen MR) is 114 cm³/mol. The van der Waals surface area contributed by atoms with E-state index in [0.717, 1.165) is 48.4 Å². The number of nitrogens with one attached hydrogen (secondary N) is 3. The molecule has 148 valence electrons. The number of imidazole rings is 1. The number of nitrogens with zero attached hydrogens (tertiary/aromatic N) is 2. The number of aliphatic imine (C=N–C) groups is 1. The summed E-state index contributed by atoms with van der Waals surface area (Å²) < 4.78 is 0. The highest BCUT2D eigenvalue weighted by Gasteiger charge is 2.22. The highest BCUT2D eigenvalue weighted by Crippen LogP contribution is 2.20. The van der Waals surface area contributed by atoms with Crippen LogP contribution in [-0.4, -0.2) is 40.7 Å². The lowest BCUT2D eigenvalue weighted by Crippen LogP contribution is -2.39. The number of guanidine groups is 1. The summed E-state index contributed by atoms with van der Waals surface area (Å²) in [6, 6.07) is 17.7. The van der Waals surface area contributed by atoms with Gasteiger partial charge in [-0.25, -0.2) is 9.98 Å². The van der Waals surface area contributed by atoms with Crippen molar-refractivity contribution in [1.82, 2.24) is 20.6 Å². The second-order valence-corrected chi connectivity index (χ2v) is 7.07. The molecule has 1 atom stereocenters. The Bertz CT molecular complexity index is 868. The number of aromatic nitrogens is 2. The highest BCUT2D eigenvalue weighted by molar-refractivity contribution is 5.79. The van der Waals surface area contributed by atoms with Crippen LogP contribution < -0.4 is 10.6 Å². The molecule has 0 spiro atoms. The van der Waals surface area contributed by atoms with Gasteiger partial charge in [-0.2, -0.15) is 0 Å². The van der Waals surface area contributed by atoms with Crippen molar-refractivity contribution in [3.05, 3.63) is 66.0 Å². The van der Waals surface area contributed by atoms with Gasteiger partial charge in [0.25, 0.3) is 0 Å². The quantitative estimate of drug-likeness (QED) is 0.275. The summed E-state index contributed by atoms with van der Waals surface area (Å²) in [6.45, 7) is 5.65. The SMILES string of the molecule is CCNC(=NCC(C)(O)c1ccccc1)NCCCc1nc2ccccc2[nH]1. The van der Waals surface area contributed by atoms with Crippen LogP contribution in [0.2, 0.25) is 0 Å². The van der Waals surface area contributed by atoms with Crippen molar-refractivity contribution >= 4 is 17.0 Å². The van der Waals surface area contributed by atoms with E-state index in [1.807, 2.05) is 61.5 Å². The zero-order valence-corrected chi connectivity index (χ0v) is 16.6. The summed E-state index contributed by atoms with van der Waals surface area (Å²) in [7, 11) is 0. The van der Waals surface area contributed by atoms with Gasteiger partial charge in [0.15, 0.2) is 5.96 Å². The minimum Gasteiger partial charge on any atom is -0.384 e. The third-order valence-corrected chi connectivity index (χ3v) is 4.61. The van der Waals surface area contributed by atoms with Gasteiger partial charge in [-0.3, -0.25) is 0 Å². The average Bonchev–Trinajstić information content (AvgIpc) is 3.13. The summed E-state index contributed by atoms with van der Waals surface area (Å²) in [6.07, 6.45) is 1.79. The average molecular weight is 380 g/mol. The van der Waals surface area contributed by atoms with Gasteiger partial charge in [-0.1, -0.05) is 42.5 Å². The minimum atomic E-state index is -1.00. The summed E-state index contributed by atoms with van der Waals surface area (Å²) in [4.78, 5) is 12.5. The maximum Gasteiger partial charge on any atom is 0.191 e. The fraction of sp³-hybridized carbons (Fsp3) is 0.364. The zero-order valence-electron chi connectivity index (χ0n) is 16.6. The Morgan fingerprint density at radius 1 is 1.11 bits per heavy atom. The molecule has 1 unspecified atom stereocenters. The van der Waals surface area contributed by atoms with Crippen molar-refractivity contribution in [3.8, 4) is 0 Å². The largest absolute Gasteiger partial charge is 0.384 e. The van der Waals surface area contributed by atoms with Gasteiger partial charge >= 0.3 is 0 Å². The van der Waals surface area contributed by atoms with Crippen molar-refractivity contribution in [1.29, 1.82) is 0 Å². The predicted octanol–water partition coefficient (Wildman–Crippen LogP) is 2.96. The third-order valence-electron chi connectivity index (χ3n) is 4.61. The second-order valence-electron chi connectivity index (χ2n) is 7.07. The van der Waals surface area contributed by atoms with Crippen LogP contribution in [0.3, 0.4) is 0 Å². The topological polar surface area (TPSA) is 85.3 Å². The van der Waals surface area contributed by atoms with Gasteiger partial charge in [0, 0.05) is 19.5 Å². The molecular weight excluding hydrogens is 350 g/mol. The van der Waals surface area contributed by atoms with E-state index in [1.165, 1.54) is 0 Å². The fourth-order valence-corrected chi connectivity index (χ4v) is 3.05. The Balaban J connectivity index is 1.51. The maximum atomic E-state index is 10.7. The molecule has 0 saturated carbocycles. The number of H-pyrrole nitrogens is 1. The summed E-state index contributed by atoms with van der Waals surface area (Å²) >= 11 is 0. The van der Waals surface area contributed by atoms with E-state index in [-0.39, 0.29) is 6.54 Å². The number of aryl methyl sites for hydroxylation is 1. The number of aliphatic hydroxyl groups is 1. The lowest BCUT2D eigenvalue weighted by molar-refractivity contribution is 0.0672. The fourth-order valence-electron chi connectivity index (χ4n) is 3.05. The van der Waals surface area contributed by atoms with Gasteiger partial charge in [-0.15, -0.1) is 0 Å². The van der Waals surface area contributed by atoms with E-state index in [2.05, 4.69) is 25.6 Å². The van der Waals surface area contributed by atoms with Crippen molar-refractivity contribution in [2.45, 2.75) is 32.3 Å². The van der Waals surface area contributed by atoms with Crippen molar-refractivity contribution in [2.24, 2.45) is 4.99 Å². The molecule has 6 heteroatoms. The molecule has 0 aliphatic carbocycles. The van der Waals surface area contributed by atoms with E-state index in [9.17, 15) is 5.11 Å². The van der Waals surface area contributed by atoms with Crippen LogP contribution in [0, 0.1) is 0 Å². The number of fused-ring (bicyclic) bond motifs is 1. The van der Waals surface area contributed by atoms with E-state index in [0.29, 0.717) is 5.96 Å². The molecule has 1 aromatic heterocycles. The second kappa shape index (κ2) is 9.37. The number of hydrogen-bond acceptors (Lipinski definition) is 3. The molecule has 2 aromatic carbocycles. The lowest BCUT2D eigenvalue weighted by atomic mass is 9.96. The standard InChI is InChI=1S/C22H29N5O/c1-3-23-21(25-16-22(2,28)17-10-5-4-6-11-17)24-15-9-14-20-26-18-12-7-8-13-19(18)27-20/h4-8,10-13,28H,3,9,14-16H2,1-2H3,(H,26,27)(H2,23,24,25). The maximum absolute atomic E-state index is 10.7. The number of para-hydroxylation sites is 2. The summed E-state index contributed by atoms with van der Waals surface area (Å²) in [5, 5.41) is 17.3. The molecule has 0 fully saturated rings. The first-order valence-electron chi connectivity index (χ1n) is 9.82. The smallest absolute Gasteiger partial charge is 0.191 e. The molecule has 3 rings (SSSR count). The lowest BCUT2D eigenvalue weighted by Gasteiger charge is -2.22. The molecule has 3 aromatic rings. The van der Waals surface area contributed by atoms with Gasteiger partial charge in [0.1, 0.15) is 11.4 Å². The molecule has 0 amide bonds. The first-order chi connectivity index (χ1) is 13.6. The first kappa shape index (κ1) is 19.9. The number of aromatic amines is 1. The zero-order chi connectivity index (χ0) is 19.8. The Hall–Kier alpha value is -2.86. The van der Waals surface area contributed by atoms with E-state index in [1.54, 1.807) is 6.92 Å². The molecule has 0 aliphatic rings. The molecule has 0 radical (unpaired) electrons. The van der Waals surface area contributed by atoms with Gasteiger partial charge < -0.3 is 20.7 Å². The van der Waals surface area contributed by atoms with Crippen LogP contribution in [0.5, 0.6) is 0 Å². The normalized spacial score (nSPS) is 14.0. The number of hydrogen-bond donors (Lipinski definition) is 4. The number of rotatable bonds is 8. The molecule has 1 heterocycles. The van der Waals surface area contributed by atoms with Gasteiger partial charge in [-0.05, 0) is 38.0 Å².